The molecule has 1 aromatic heterocycles. The summed E-state index contributed by atoms with van der Waals surface area (Å²) >= 11 is 0. The standard InChI is InChI=1S/C19H22N4O/c1-4-12-5-7-13(8-6-12)17-16-14(9-19(2,3)10-15(16)24)22-18-20-11-21-23(17)18/h5-8,11,17H,4,9-10H2,1-3H3,(H,20,21,22)/t17-/m0/s1. The molecule has 2 aliphatic rings. The number of hydrogen-bond acceptors (Lipinski definition) is 4. The fraction of sp³-hybridized carbons (Fsp3) is 0.421. The second-order valence-corrected chi connectivity index (χ2v) is 7.48. The molecule has 0 radical (unpaired) electrons. The second kappa shape index (κ2) is 5.30. The summed E-state index contributed by atoms with van der Waals surface area (Å²) in [6, 6.07) is 8.29. The minimum atomic E-state index is -0.187. The first-order chi connectivity index (χ1) is 11.5. The molecule has 0 spiro atoms. The first-order valence-electron chi connectivity index (χ1n) is 8.50. The smallest absolute Gasteiger partial charge is 0.226 e. The SMILES string of the molecule is CCc1ccc([C@H]2C3=C(CC(C)(C)CC3=O)Nc3ncnn32)cc1. The van der Waals surface area contributed by atoms with Gasteiger partial charge in [-0.3, -0.25) is 4.79 Å². The molecule has 0 unspecified atom stereocenters. The van der Waals surface area contributed by atoms with Crippen LogP contribution in [-0.2, 0) is 11.2 Å². The Morgan fingerprint density at radius 1 is 1.25 bits per heavy atom. The summed E-state index contributed by atoms with van der Waals surface area (Å²) in [6.45, 7) is 6.42. The van der Waals surface area contributed by atoms with E-state index in [2.05, 4.69) is 60.4 Å². The number of fused-ring (bicyclic) bond motifs is 1. The lowest BCUT2D eigenvalue weighted by Crippen LogP contribution is -2.36. The molecule has 1 atom stereocenters. The van der Waals surface area contributed by atoms with Gasteiger partial charge in [-0.1, -0.05) is 45.0 Å². The zero-order valence-corrected chi connectivity index (χ0v) is 14.3. The number of ketones is 1. The van der Waals surface area contributed by atoms with E-state index in [0.29, 0.717) is 12.4 Å². The Hall–Kier alpha value is -2.43. The van der Waals surface area contributed by atoms with E-state index in [1.165, 1.54) is 5.56 Å². The molecule has 5 heteroatoms. The Morgan fingerprint density at radius 2 is 2.00 bits per heavy atom. The Morgan fingerprint density at radius 3 is 2.71 bits per heavy atom. The number of carbonyl (C=O) groups excluding carboxylic acids is 1. The maximum Gasteiger partial charge on any atom is 0.226 e. The van der Waals surface area contributed by atoms with Crippen molar-refractivity contribution in [3.63, 3.8) is 0 Å². The van der Waals surface area contributed by atoms with Crippen LogP contribution >= 0.6 is 0 Å². The molecule has 124 valence electrons. The molecule has 1 aliphatic heterocycles. The van der Waals surface area contributed by atoms with Gasteiger partial charge < -0.3 is 5.32 Å². The fourth-order valence-electron chi connectivity index (χ4n) is 3.79. The molecule has 2 aromatic rings. The summed E-state index contributed by atoms with van der Waals surface area (Å²) in [5.74, 6) is 0.920. The first-order valence-corrected chi connectivity index (χ1v) is 8.50. The predicted octanol–water partition coefficient (Wildman–Crippen LogP) is 3.50. The van der Waals surface area contributed by atoms with Gasteiger partial charge in [0, 0.05) is 17.7 Å². The van der Waals surface area contributed by atoms with Gasteiger partial charge in [0.25, 0.3) is 0 Å². The second-order valence-electron chi connectivity index (χ2n) is 7.48. The van der Waals surface area contributed by atoms with Gasteiger partial charge in [-0.25, -0.2) is 4.68 Å². The summed E-state index contributed by atoms with van der Waals surface area (Å²) in [6.07, 6.45) is 3.97. The lowest BCUT2D eigenvalue weighted by molar-refractivity contribution is -0.118. The zero-order valence-electron chi connectivity index (χ0n) is 14.3. The molecule has 1 aromatic carbocycles. The molecule has 4 rings (SSSR count). The van der Waals surface area contributed by atoms with Gasteiger partial charge in [0.15, 0.2) is 5.78 Å². The van der Waals surface area contributed by atoms with E-state index in [1.54, 1.807) is 6.33 Å². The van der Waals surface area contributed by atoms with Crippen LogP contribution < -0.4 is 5.32 Å². The van der Waals surface area contributed by atoms with E-state index in [4.69, 9.17) is 0 Å². The fourth-order valence-corrected chi connectivity index (χ4v) is 3.79. The Kier molecular flexibility index (Phi) is 3.34. The largest absolute Gasteiger partial charge is 0.328 e. The van der Waals surface area contributed by atoms with Gasteiger partial charge in [0.05, 0.1) is 0 Å². The van der Waals surface area contributed by atoms with E-state index in [-0.39, 0.29) is 17.2 Å². The maximum absolute atomic E-state index is 12.9. The molecule has 1 aliphatic carbocycles. The van der Waals surface area contributed by atoms with Gasteiger partial charge in [-0.05, 0) is 29.4 Å². The van der Waals surface area contributed by atoms with Crippen molar-refractivity contribution in [2.75, 3.05) is 5.32 Å². The summed E-state index contributed by atoms with van der Waals surface area (Å²) < 4.78 is 1.83. The van der Waals surface area contributed by atoms with Crippen LogP contribution in [0.3, 0.4) is 0 Å². The van der Waals surface area contributed by atoms with E-state index in [9.17, 15) is 4.79 Å². The molecule has 5 nitrogen and oxygen atoms in total. The number of Topliss-reactive ketones (excluding diaryl/α,β-unsaturated/α-hetero) is 1. The monoisotopic (exact) mass is 322 g/mol. The Balaban J connectivity index is 1.86. The van der Waals surface area contributed by atoms with Crippen molar-refractivity contribution in [3.05, 3.63) is 53.0 Å². The van der Waals surface area contributed by atoms with Crippen LogP contribution in [-0.4, -0.2) is 20.5 Å². The maximum atomic E-state index is 12.9. The first kappa shape index (κ1) is 15.1. The van der Waals surface area contributed by atoms with Crippen molar-refractivity contribution in [1.82, 2.24) is 14.8 Å². The zero-order chi connectivity index (χ0) is 16.9. The molecule has 1 N–H and O–H groups in total. The molecular weight excluding hydrogens is 300 g/mol. The quantitative estimate of drug-likeness (QED) is 0.919. The number of anilines is 1. The van der Waals surface area contributed by atoms with Crippen LogP contribution in [0.2, 0.25) is 0 Å². The molecule has 2 heterocycles. The molecular formula is C19H22N4O. The third-order valence-corrected chi connectivity index (χ3v) is 4.98. The summed E-state index contributed by atoms with van der Waals surface area (Å²) in [5.41, 5.74) is 4.19. The highest BCUT2D eigenvalue weighted by atomic mass is 16.1. The van der Waals surface area contributed by atoms with E-state index >= 15 is 0 Å². The molecule has 0 bridgehead atoms. The third-order valence-electron chi connectivity index (χ3n) is 4.98. The van der Waals surface area contributed by atoms with Crippen molar-refractivity contribution < 1.29 is 4.79 Å². The number of rotatable bonds is 2. The topological polar surface area (TPSA) is 59.8 Å². The van der Waals surface area contributed by atoms with Crippen molar-refractivity contribution in [2.24, 2.45) is 5.41 Å². The lowest BCUT2D eigenvalue weighted by atomic mass is 9.73. The molecule has 0 amide bonds. The average molecular weight is 322 g/mol. The van der Waals surface area contributed by atoms with Crippen LogP contribution in [0.1, 0.15) is 50.8 Å². The van der Waals surface area contributed by atoms with Gasteiger partial charge in [0.2, 0.25) is 5.95 Å². The van der Waals surface area contributed by atoms with Crippen molar-refractivity contribution >= 4 is 11.7 Å². The van der Waals surface area contributed by atoms with Crippen LogP contribution in [0.15, 0.2) is 41.9 Å². The normalized spacial score (nSPS) is 22.0. The highest BCUT2D eigenvalue weighted by Gasteiger charge is 2.41. The highest BCUT2D eigenvalue weighted by molar-refractivity contribution is 6.00. The highest BCUT2D eigenvalue weighted by Crippen LogP contribution is 2.45. The Bertz CT molecular complexity index is 829. The number of nitrogens with one attached hydrogen (secondary N) is 1. The molecule has 0 saturated carbocycles. The van der Waals surface area contributed by atoms with Gasteiger partial charge in [0.1, 0.15) is 12.4 Å². The van der Waals surface area contributed by atoms with Crippen LogP contribution in [0.5, 0.6) is 0 Å². The third kappa shape index (κ3) is 2.35. The van der Waals surface area contributed by atoms with E-state index in [0.717, 1.165) is 29.7 Å². The molecule has 24 heavy (non-hydrogen) atoms. The number of aromatic nitrogens is 3. The average Bonchev–Trinajstić information content (AvgIpc) is 3.00. The number of hydrogen-bond donors (Lipinski definition) is 1. The minimum absolute atomic E-state index is 0.0261. The lowest BCUT2D eigenvalue weighted by Gasteiger charge is -2.38. The molecule has 0 fully saturated rings. The predicted molar refractivity (Wildman–Crippen MR) is 92.7 cm³/mol. The van der Waals surface area contributed by atoms with Crippen LogP contribution in [0, 0.1) is 5.41 Å². The van der Waals surface area contributed by atoms with Gasteiger partial charge >= 0.3 is 0 Å². The number of aryl methyl sites for hydroxylation is 1. The van der Waals surface area contributed by atoms with Crippen LogP contribution in [0.25, 0.3) is 0 Å². The van der Waals surface area contributed by atoms with Crippen LogP contribution in [0.4, 0.5) is 5.95 Å². The summed E-state index contributed by atoms with van der Waals surface area (Å²) in [4.78, 5) is 17.2. The minimum Gasteiger partial charge on any atom is -0.328 e. The number of allylic oxidation sites excluding steroid dienone is 2. The van der Waals surface area contributed by atoms with Crippen molar-refractivity contribution in [1.29, 1.82) is 0 Å². The molecule has 0 saturated heterocycles. The van der Waals surface area contributed by atoms with Crippen molar-refractivity contribution in [3.8, 4) is 0 Å². The number of nitrogens with zero attached hydrogens (tertiary/aromatic N) is 3. The Labute approximate surface area is 141 Å². The summed E-state index contributed by atoms with van der Waals surface area (Å²) in [7, 11) is 0. The summed E-state index contributed by atoms with van der Waals surface area (Å²) in [5, 5.41) is 7.71. The van der Waals surface area contributed by atoms with E-state index < -0.39 is 0 Å². The van der Waals surface area contributed by atoms with E-state index in [1.807, 2.05) is 4.68 Å². The van der Waals surface area contributed by atoms with Gasteiger partial charge in [-0.15, -0.1) is 0 Å². The van der Waals surface area contributed by atoms with Gasteiger partial charge in [-0.2, -0.15) is 10.1 Å². The van der Waals surface area contributed by atoms with Crippen molar-refractivity contribution in [2.45, 2.75) is 46.1 Å². The number of carbonyl (C=O) groups is 1. The number of benzene rings is 1.